The molecule has 1 aromatic rings. The topological polar surface area (TPSA) is 23.6 Å². The van der Waals surface area contributed by atoms with Crippen molar-refractivity contribution >= 4 is 12.1 Å². The van der Waals surface area contributed by atoms with Crippen LogP contribution in [0.4, 0.5) is 5.69 Å². The number of benzene rings is 1. The highest BCUT2D eigenvalue weighted by Gasteiger charge is 2.30. The molecule has 1 fully saturated rings. The summed E-state index contributed by atoms with van der Waals surface area (Å²) in [5.74, 6) is 0. The normalized spacial score (nSPS) is 23.6. The molecular weight excluding hydrogens is 200 g/mol. The lowest BCUT2D eigenvalue weighted by atomic mass is 9.94. The van der Waals surface area contributed by atoms with Gasteiger partial charge in [-0.3, -0.25) is 4.79 Å². The summed E-state index contributed by atoms with van der Waals surface area (Å²) >= 11 is 0. The Labute approximate surface area is 95.7 Å². The lowest BCUT2D eigenvalue weighted by Crippen LogP contribution is -2.54. The van der Waals surface area contributed by atoms with E-state index in [4.69, 9.17) is 0 Å². The zero-order valence-corrected chi connectivity index (χ0v) is 9.30. The number of rotatable bonds is 1. The minimum absolute atomic E-state index is 0.522. The molecule has 1 atom stereocenters. The summed E-state index contributed by atoms with van der Waals surface area (Å²) < 4.78 is 0. The predicted molar refractivity (Wildman–Crippen MR) is 63.5 cm³/mol. The number of fused-ring (bicyclic) bond motifs is 3. The van der Waals surface area contributed by atoms with E-state index in [-0.39, 0.29) is 0 Å². The van der Waals surface area contributed by atoms with Crippen molar-refractivity contribution < 1.29 is 4.79 Å². The van der Waals surface area contributed by atoms with Crippen LogP contribution in [0.15, 0.2) is 24.3 Å². The van der Waals surface area contributed by atoms with Gasteiger partial charge in [-0.25, -0.2) is 0 Å². The number of amides is 1. The van der Waals surface area contributed by atoms with Crippen LogP contribution in [0, 0.1) is 0 Å². The molecule has 1 amide bonds. The lowest BCUT2D eigenvalue weighted by Gasteiger charge is -2.45. The number of hydrogen-bond donors (Lipinski definition) is 0. The molecule has 3 nitrogen and oxygen atoms in total. The number of para-hydroxylation sites is 1. The molecule has 0 unspecified atom stereocenters. The Morgan fingerprint density at radius 3 is 3.00 bits per heavy atom. The van der Waals surface area contributed by atoms with E-state index < -0.39 is 0 Å². The van der Waals surface area contributed by atoms with Gasteiger partial charge in [-0.05, 0) is 24.5 Å². The molecule has 0 aliphatic carbocycles. The largest absolute Gasteiger partial charge is 0.365 e. The first-order chi connectivity index (χ1) is 7.88. The highest BCUT2D eigenvalue weighted by molar-refractivity contribution is 5.58. The molecule has 2 aliphatic heterocycles. The molecule has 0 N–H and O–H groups in total. The molecular formula is C13H16N2O. The first-order valence-corrected chi connectivity index (χ1v) is 5.92. The molecule has 0 bridgehead atoms. The molecule has 3 heteroatoms. The number of carbonyl (C=O) groups is 1. The molecule has 2 heterocycles. The number of hydrogen-bond acceptors (Lipinski definition) is 2. The van der Waals surface area contributed by atoms with Crippen molar-refractivity contribution in [2.24, 2.45) is 0 Å². The monoisotopic (exact) mass is 216 g/mol. The molecule has 2 aliphatic rings. The fraction of sp³-hybridized carbons (Fsp3) is 0.462. The second kappa shape index (κ2) is 3.81. The van der Waals surface area contributed by atoms with Gasteiger partial charge in [0.05, 0.1) is 0 Å². The number of aryl methyl sites for hydroxylation is 1. The van der Waals surface area contributed by atoms with Crippen molar-refractivity contribution in [3.8, 4) is 0 Å². The van der Waals surface area contributed by atoms with Gasteiger partial charge in [0.1, 0.15) is 0 Å². The average Bonchev–Trinajstić information content (AvgIpc) is 2.38. The smallest absolute Gasteiger partial charge is 0.209 e. The van der Waals surface area contributed by atoms with Crippen molar-refractivity contribution in [3.05, 3.63) is 29.8 Å². The van der Waals surface area contributed by atoms with Crippen LogP contribution in [-0.2, 0) is 11.2 Å². The van der Waals surface area contributed by atoms with E-state index in [0.29, 0.717) is 6.04 Å². The Morgan fingerprint density at radius 2 is 2.12 bits per heavy atom. The number of anilines is 1. The fourth-order valence-electron chi connectivity index (χ4n) is 2.86. The summed E-state index contributed by atoms with van der Waals surface area (Å²) in [5, 5.41) is 0. The minimum Gasteiger partial charge on any atom is -0.365 e. The summed E-state index contributed by atoms with van der Waals surface area (Å²) in [7, 11) is 0. The third-order valence-corrected chi connectivity index (χ3v) is 3.71. The average molecular weight is 216 g/mol. The molecule has 0 spiro atoms. The van der Waals surface area contributed by atoms with Crippen LogP contribution in [0.25, 0.3) is 0 Å². The van der Waals surface area contributed by atoms with Crippen LogP contribution in [-0.4, -0.2) is 37.0 Å². The van der Waals surface area contributed by atoms with Crippen molar-refractivity contribution in [2.45, 2.75) is 18.9 Å². The summed E-state index contributed by atoms with van der Waals surface area (Å²) in [6, 6.07) is 9.16. The standard InChI is InChI=1S/C13H16N2O/c16-10-14-7-8-15-12(9-14)6-5-11-3-1-2-4-13(11)15/h1-4,10,12H,5-9H2/t12-/m0/s1. The van der Waals surface area contributed by atoms with E-state index in [0.717, 1.165) is 32.5 Å². The van der Waals surface area contributed by atoms with Gasteiger partial charge in [0.2, 0.25) is 6.41 Å². The Morgan fingerprint density at radius 1 is 1.25 bits per heavy atom. The van der Waals surface area contributed by atoms with E-state index in [1.54, 1.807) is 0 Å². The van der Waals surface area contributed by atoms with Crippen molar-refractivity contribution in [2.75, 3.05) is 24.5 Å². The van der Waals surface area contributed by atoms with E-state index >= 15 is 0 Å². The molecule has 0 aromatic heterocycles. The van der Waals surface area contributed by atoms with Crippen LogP contribution in [0.5, 0.6) is 0 Å². The molecule has 0 saturated carbocycles. The third-order valence-electron chi connectivity index (χ3n) is 3.71. The van der Waals surface area contributed by atoms with Crippen LogP contribution < -0.4 is 4.90 Å². The maximum Gasteiger partial charge on any atom is 0.209 e. The first-order valence-electron chi connectivity index (χ1n) is 5.92. The van der Waals surface area contributed by atoms with Gasteiger partial charge < -0.3 is 9.80 Å². The van der Waals surface area contributed by atoms with Crippen LogP contribution in [0.1, 0.15) is 12.0 Å². The van der Waals surface area contributed by atoms with Gasteiger partial charge in [-0.2, -0.15) is 0 Å². The molecule has 84 valence electrons. The zero-order valence-electron chi connectivity index (χ0n) is 9.30. The summed E-state index contributed by atoms with van der Waals surface area (Å²) in [4.78, 5) is 15.2. The number of nitrogens with zero attached hydrogens (tertiary/aromatic N) is 2. The predicted octanol–water partition coefficient (Wildman–Crippen LogP) is 1.28. The maximum absolute atomic E-state index is 10.8. The quantitative estimate of drug-likeness (QED) is 0.660. The molecule has 1 saturated heterocycles. The van der Waals surface area contributed by atoms with Crippen LogP contribution in [0.2, 0.25) is 0 Å². The molecule has 1 aromatic carbocycles. The zero-order chi connectivity index (χ0) is 11.0. The van der Waals surface area contributed by atoms with Crippen molar-refractivity contribution in [1.82, 2.24) is 4.90 Å². The van der Waals surface area contributed by atoms with Crippen molar-refractivity contribution in [3.63, 3.8) is 0 Å². The van der Waals surface area contributed by atoms with Gasteiger partial charge in [0.15, 0.2) is 0 Å². The summed E-state index contributed by atoms with van der Waals surface area (Å²) in [6.45, 7) is 2.71. The van der Waals surface area contributed by atoms with Gasteiger partial charge >= 0.3 is 0 Å². The minimum atomic E-state index is 0.522. The van der Waals surface area contributed by atoms with E-state index in [1.165, 1.54) is 17.7 Å². The molecule has 16 heavy (non-hydrogen) atoms. The van der Waals surface area contributed by atoms with E-state index in [9.17, 15) is 4.79 Å². The Bertz CT molecular complexity index is 405. The lowest BCUT2D eigenvalue weighted by molar-refractivity contribution is -0.118. The number of carbonyl (C=O) groups excluding carboxylic acids is 1. The first kappa shape index (κ1) is 9.70. The van der Waals surface area contributed by atoms with Gasteiger partial charge in [0.25, 0.3) is 0 Å². The highest BCUT2D eigenvalue weighted by atomic mass is 16.1. The second-order valence-electron chi connectivity index (χ2n) is 4.61. The third kappa shape index (κ3) is 1.47. The van der Waals surface area contributed by atoms with E-state index in [2.05, 4.69) is 29.2 Å². The Hall–Kier alpha value is -1.51. The van der Waals surface area contributed by atoms with Gasteiger partial charge in [0, 0.05) is 31.4 Å². The number of piperazine rings is 1. The Balaban J connectivity index is 1.89. The molecule has 3 rings (SSSR count). The maximum atomic E-state index is 10.8. The fourth-order valence-corrected chi connectivity index (χ4v) is 2.86. The Kier molecular flexibility index (Phi) is 2.31. The van der Waals surface area contributed by atoms with Crippen molar-refractivity contribution in [1.29, 1.82) is 0 Å². The highest BCUT2D eigenvalue weighted by Crippen LogP contribution is 2.31. The van der Waals surface area contributed by atoms with Crippen LogP contribution >= 0.6 is 0 Å². The summed E-state index contributed by atoms with van der Waals surface area (Å²) in [5.41, 5.74) is 2.84. The molecule has 0 radical (unpaired) electrons. The van der Waals surface area contributed by atoms with Gasteiger partial charge in [-0.1, -0.05) is 18.2 Å². The second-order valence-corrected chi connectivity index (χ2v) is 4.61. The summed E-state index contributed by atoms with van der Waals surface area (Å²) in [6.07, 6.45) is 3.29. The SMILES string of the molecule is O=CN1CCN2c3ccccc3CC[C@H]2C1. The van der Waals surface area contributed by atoms with Crippen LogP contribution in [0.3, 0.4) is 0 Å². The van der Waals surface area contributed by atoms with Gasteiger partial charge in [-0.15, -0.1) is 0 Å². The van der Waals surface area contributed by atoms with E-state index in [1.807, 2.05) is 4.90 Å².